The van der Waals surface area contributed by atoms with Crippen LogP contribution >= 0.6 is 0 Å². The van der Waals surface area contributed by atoms with Crippen molar-refractivity contribution < 1.29 is 24.2 Å². The first-order valence-corrected chi connectivity index (χ1v) is 18.7. The van der Waals surface area contributed by atoms with Crippen molar-refractivity contribution in [2.45, 2.75) is 155 Å². The Kier molecular flexibility index (Phi) is 33.8. The van der Waals surface area contributed by atoms with Gasteiger partial charge in [0.05, 0.1) is 0 Å². The highest BCUT2D eigenvalue weighted by molar-refractivity contribution is 5.80. The van der Waals surface area contributed by atoms with Gasteiger partial charge in [0, 0.05) is 12.8 Å². The Labute approximate surface area is 293 Å². The lowest BCUT2D eigenvalue weighted by atomic mass is 10.1. The Morgan fingerprint density at radius 3 is 1.69 bits per heavy atom. The molecule has 0 saturated carbocycles. The molecule has 0 aromatic heterocycles. The number of unbranched alkanes of at least 4 members (excludes halogenated alkanes) is 9. The molecule has 0 saturated heterocycles. The van der Waals surface area contributed by atoms with Gasteiger partial charge in [-0.15, -0.1) is 0 Å². The van der Waals surface area contributed by atoms with Crippen molar-refractivity contribution in [3.63, 3.8) is 0 Å². The third kappa shape index (κ3) is 35.4. The largest absolute Gasteiger partial charge is 0.480 e. The summed E-state index contributed by atoms with van der Waals surface area (Å²) in [5.41, 5.74) is 0. The molecule has 2 N–H and O–H groups in total. The van der Waals surface area contributed by atoms with Crippen molar-refractivity contribution in [2.24, 2.45) is 0 Å². The molecule has 0 aliphatic rings. The summed E-state index contributed by atoms with van der Waals surface area (Å²) in [7, 11) is 0. The molecule has 270 valence electrons. The number of carbonyl (C=O) groups is 3. The van der Waals surface area contributed by atoms with Crippen molar-refractivity contribution in [1.29, 1.82) is 0 Å². The summed E-state index contributed by atoms with van der Waals surface area (Å²) >= 11 is 0. The lowest BCUT2D eigenvalue weighted by Gasteiger charge is -2.14. The SMILES string of the molecule is CC/C=C\C/C=C\C/C=C\C/C=C\C/C=C\CCCC(=O)OC(/C=C\C/C=C\CCCCC)CCCCCCCCC(=O)NCC(=O)O. The fourth-order valence-electron chi connectivity index (χ4n) is 4.79. The zero-order valence-corrected chi connectivity index (χ0v) is 30.3. The van der Waals surface area contributed by atoms with Crippen LogP contribution in [0.15, 0.2) is 85.1 Å². The number of carbonyl (C=O) groups excluding carboxylic acids is 2. The molecule has 1 atom stereocenters. The summed E-state index contributed by atoms with van der Waals surface area (Å²) < 4.78 is 5.87. The molecule has 0 radical (unpaired) electrons. The maximum Gasteiger partial charge on any atom is 0.322 e. The maximum absolute atomic E-state index is 12.6. The quantitative estimate of drug-likeness (QED) is 0.0424. The van der Waals surface area contributed by atoms with E-state index in [-0.39, 0.29) is 24.5 Å². The van der Waals surface area contributed by atoms with Crippen LogP contribution < -0.4 is 5.32 Å². The Hall–Kier alpha value is -3.41. The van der Waals surface area contributed by atoms with Crippen LogP contribution in [0.3, 0.4) is 0 Å². The zero-order valence-electron chi connectivity index (χ0n) is 30.3. The lowest BCUT2D eigenvalue weighted by Crippen LogP contribution is -2.28. The average molecular weight is 666 g/mol. The first-order chi connectivity index (χ1) is 23.5. The fourth-order valence-corrected chi connectivity index (χ4v) is 4.79. The number of aliphatic carboxylic acids is 1. The van der Waals surface area contributed by atoms with E-state index >= 15 is 0 Å². The van der Waals surface area contributed by atoms with Crippen LogP contribution in [-0.2, 0) is 19.1 Å². The first kappa shape index (κ1) is 44.6. The van der Waals surface area contributed by atoms with Crippen LogP contribution in [0.1, 0.15) is 149 Å². The van der Waals surface area contributed by atoms with Gasteiger partial charge in [-0.2, -0.15) is 0 Å². The fraction of sp³-hybridized carbons (Fsp3) is 0.595. The molecule has 0 aliphatic carbocycles. The highest BCUT2D eigenvalue weighted by atomic mass is 16.5. The van der Waals surface area contributed by atoms with Crippen molar-refractivity contribution in [2.75, 3.05) is 6.54 Å². The zero-order chi connectivity index (χ0) is 35.2. The van der Waals surface area contributed by atoms with Crippen LogP contribution in [0.5, 0.6) is 0 Å². The van der Waals surface area contributed by atoms with Crippen LogP contribution in [0.25, 0.3) is 0 Å². The van der Waals surface area contributed by atoms with Crippen molar-refractivity contribution in [1.82, 2.24) is 5.32 Å². The van der Waals surface area contributed by atoms with Gasteiger partial charge >= 0.3 is 11.9 Å². The molecule has 0 bridgehead atoms. The third-order valence-corrected chi connectivity index (χ3v) is 7.54. The summed E-state index contributed by atoms with van der Waals surface area (Å²) in [5, 5.41) is 11.0. The molecule has 6 heteroatoms. The van der Waals surface area contributed by atoms with E-state index in [2.05, 4.69) is 98.2 Å². The van der Waals surface area contributed by atoms with Gasteiger partial charge in [0.2, 0.25) is 5.91 Å². The van der Waals surface area contributed by atoms with Crippen molar-refractivity contribution >= 4 is 17.8 Å². The van der Waals surface area contributed by atoms with E-state index < -0.39 is 5.97 Å². The summed E-state index contributed by atoms with van der Waals surface area (Å²) in [6, 6.07) is 0. The molecule has 0 rings (SSSR count). The van der Waals surface area contributed by atoms with Crippen LogP contribution in [0, 0.1) is 0 Å². The number of hydrogen-bond donors (Lipinski definition) is 2. The van der Waals surface area contributed by atoms with Gasteiger partial charge in [-0.05, 0) is 89.5 Å². The number of hydrogen-bond acceptors (Lipinski definition) is 4. The van der Waals surface area contributed by atoms with E-state index in [9.17, 15) is 14.4 Å². The highest BCUT2D eigenvalue weighted by Gasteiger charge is 2.11. The summed E-state index contributed by atoms with van der Waals surface area (Å²) in [6.07, 6.45) is 50.0. The number of carboxylic acids is 1. The summed E-state index contributed by atoms with van der Waals surface area (Å²) in [5.74, 6) is -1.36. The van der Waals surface area contributed by atoms with Gasteiger partial charge in [-0.1, -0.05) is 131 Å². The van der Waals surface area contributed by atoms with E-state index in [1.807, 2.05) is 6.08 Å². The van der Waals surface area contributed by atoms with Crippen LogP contribution in [0.2, 0.25) is 0 Å². The van der Waals surface area contributed by atoms with E-state index in [4.69, 9.17) is 9.84 Å². The smallest absolute Gasteiger partial charge is 0.322 e. The molecule has 0 aromatic carbocycles. The second kappa shape index (κ2) is 36.4. The lowest BCUT2D eigenvalue weighted by molar-refractivity contribution is -0.147. The molecule has 0 aliphatic heterocycles. The van der Waals surface area contributed by atoms with Gasteiger partial charge in [0.1, 0.15) is 12.6 Å². The number of nitrogens with one attached hydrogen (secondary N) is 1. The van der Waals surface area contributed by atoms with Gasteiger partial charge in [-0.3, -0.25) is 14.4 Å². The van der Waals surface area contributed by atoms with E-state index in [0.717, 1.165) is 103 Å². The van der Waals surface area contributed by atoms with E-state index in [0.29, 0.717) is 12.8 Å². The molecule has 0 aromatic rings. The maximum atomic E-state index is 12.6. The van der Waals surface area contributed by atoms with Crippen LogP contribution in [0.4, 0.5) is 0 Å². The Bertz CT molecular complexity index is 1000. The summed E-state index contributed by atoms with van der Waals surface area (Å²) in [6.45, 7) is 4.04. The number of carboxylic acid groups (broad SMARTS) is 1. The standard InChI is InChI=1S/C42H67NO5/c1-3-5-7-9-11-13-14-15-16-17-18-19-20-21-23-29-33-37-42(47)48-39(34-30-26-22-12-10-8-6-4-2)35-31-27-24-25-28-32-36-40(44)43-38-41(45)46/h5,7,11-13,15-16,18-19,21-23,30,34,39H,3-4,6,8-10,14,17,20,24-29,31-33,35-38H2,1-2H3,(H,43,44)(H,45,46)/b7-5-,13-11-,16-15-,19-18-,22-12-,23-21-,34-30-. The Balaban J connectivity index is 4.32. The van der Waals surface area contributed by atoms with Gasteiger partial charge < -0.3 is 15.2 Å². The van der Waals surface area contributed by atoms with Gasteiger partial charge in [-0.25, -0.2) is 0 Å². The molecule has 6 nitrogen and oxygen atoms in total. The number of allylic oxidation sites excluding steroid dienone is 13. The molecule has 0 heterocycles. The minimum Gasteiger partial charge on any atom is -0.480 e. The second-order valence-corrected chi connectivity index (χ2v) is 12.1. The van der Waals surface area contributed by atoms with Crippen LogP contribution in [-0.4, -0.2) is 35.6 Å². The topological polar surface area (TPSA) is 92.7 Å². The van der Waals surface area contributed by atoms with E-state index in [1.165, 1.54) is 19.3 Å². The molecule has 1 unspecified atom stereocenters. The molecule has 0 spiro atoms. The first-order valence-electron chi connectivity index (χ1n) is 18.7. The second-order valence-electron chi connectivity index (χ2n) is 12.1. The van der Waals surface area contributed by atoms with Crippen molar-refractivity contribution in [3.05, 3.63) is 85.1 Å². The van der Waals surface area contributed by atoms with E-state index in [1.54, 1.807) is 0 Å². The number of amides is 1. The Morgan fingerprint density at radius 1 is 0.583 bits per heavy atom. The number of esters is 1. The highest BCUT2D eigenvalue weighted by Crippen LogP contribution is 2.14. The molecule has 48 heavy (non-hydrogen) atoms. The predicted molar refractivity (Wildman–Crippen MR) is 203 cm³/mol. The van der Waals surface area contributed by atoms with Gasteiger partial charge in [0.15, 0.2) is 0 Å². The minimum atomic E-state index is -1.03. The molecule has 0 fully saturated rings. The van der Waals surface area contributed by atoms with Gasteiger partial charge in [0.25, 0.3) is 0 Å². The normalized spacial score (nSPS) is 13.0. The average Bonchev–Trinajstić information content (AvgIpc) is 3.07. The molecule has 1 amide bonds. The predicted octanol–water partition coefficient (Wildman–Crippen LogP) is 11.2. The minimum absolute atomic E-state index is 0.131. The molecular formula is C42H67NO5. The third-order valence-electron chi connectivity index (χ3n) is 7.54. The number of rotatable bonds is 32. The number of ether oxygens (including phenoxy) is 1. The van der Waals surface area contributed by atoms with Crippen molar-refractivity contribution in [3.8, 4) is 0 Å². The summed E-state index contributed by atoms with van der Waals surface area (Å²) in [4.78, 5) is 34.7. The Morgan fingerprint density at radius 2 is 1.10 bits per heavy atom. The molecular weight excluding hydrogens is 598 g/mol. The monoisotopic (exact) mass is 666 g/mol.